The van der Waals surface area contributed by atoms with Crippen molar-refractivity contribution in [2.75, 3.05) is 12.3 Å². The summed E-state index contributed by atoms with van der Waals surface area (Å²) in [6.45, 7) is 4.68. The largest absolute Gasteiger partial charge is 0.476 e. The van der Waals surface area contributed by atoms with Gasteiger partial charge in [0.05, 0.1) is 12.3 Å². The van der Waals surface area contributed by atoms with Gasteiger partial charge < -0.3 is 15.2 Å². The van der Waals surface area contributed by atoms with Gasteiger partial charge in [-0.25, -0.2) is 0 Å². The monoisotopic (exact) mass is 292 g/mol. The Hall–Kier alpha value is -1.94. The van der Waals surface area contributed by atoms with E-state index in [0.29, 0.717) is 40.7 Å². The van der Waals surface area contributed by atoms with Gasteiger partial charge in [0.2, 0.25) is 11.8 Å². The minimum atomic E-state index is 0.394. The minimum Gasteiger partial charge on any atom is -0.476 e. The number of nitrogens with two attached hydrogens (primary N) is 1. The highest BCUT2D eigenvalue weighted by Crippen LogP contribution is 2.26. The summed E-state index contributed by atoms with van der Waals surface area (Å²) in [6.07, 6.45) is 0. The fraction of sp³-hybridized carbons (Fsp3) is 0.267. The van der Waals surface area contributed by atoms with Gasteiger partial charge in [-0.2, -0.15) is 4.98 Å². The smallest absolute Gasteiger partial charge is 0.240 e. The van der Waals surface area contributed by atoms with Crippen molar-refractivity contribution in [2.45, 2.75) is 13.8 Å². The van der Waals surface area contributed by atoms with Gasteiger partial charge in [-0.05, 0) is 36.2 Å². The van der Waals surface area contributed by atoms with Crippen LogP contribution in [0.25, 0.3) is 0 Å². The van der Waals surface area contributed by atoms with Gasteiger partial charge in [0.15, 0.2) is 0 Å². The van der Waals surface area contributed by atoms with Crippen LogP contribution in [0.15, 0.2) is 36.4 Å². The zero-order valence-corrected chi connectivity index (χ0v) is 12.2. The highest BCUT2D eigenvalue weighted by atomic mass is 35.5. The van der Waals surface area contributed by atoms with Crippen LogP contribution in [0.1, 0.15) is 13.8 Å². The third-order valence-corrected chi connectivity index (χ3v) is 2.71. The van der Waals surface area contributed by atoms with Crippen molar-refractivity contribution in [3.05, 3.63) is 41.4 Å². The molecule has 2 N–H and O–H groups in total. The zero-order chi connectivity index (χ0) is 14.5. The van der Waals surface area contributed by atoms with E-state index in [2.05, 4.69) is 18.8 Å². The Bertz CT molecular complexity index is 571. The summed E-state index contributed by atoms with van der Waals surface area (Å²) < 4.78 is 11.2. The molecule has 2 rings (SSSR count). The van der Waals surface area contributed by atoms with E-state index in [9.17, 15) is 0 Å². The first kappa shape index (κ1) is 14.5. The van der Waals surface area contributed by atoms with E-state index < -0.39 is 0 Å². The van der Waals surface area contributed by atoms with Gasteiger partial charge in [0, 0.05) is 11.1 Å². The van der Waals surface area contributed by atoms with Crippen LogP contribution < -0.4 is 15.2 Å². The summed E-state index contributed by atoms with van der Waals surface area (Å²) in [7, 11) is 0. The molecule has 0 unspecified atom stereocenters. The molecule has 0 bridgehead atoms. The fourth-order valence-corrected chi connectivity index (χ4v) is 1.60. The number of nitrogens with zero attached hydrogens (tertiary/aromatic N) is 1. The molecule has 0 saturated carbocycles. The van der Waals surface area contributed by atoms with Crippen LogP contribution >= 0.6 is 11.6 Å². The lowest BCUT2D eigenvalue weighted by atomic mass is 10.2. The second kappa shape index (κ2) is 6.48. The second-order valence-electron chi connectivity index (χ2n) is 4.80. The van der Waals surface area contributed by atoms with Crippen molar-refractivity contribution in [1.82, 2.24) is 4.98 Å². The molecule has 5 heteroatoms. The first-order valence-electron chi connectivity index (χ1n) is 6.37. The Morgan fingerprint density at radius 3 is 2.50 bits per heavy atom. The normalized spacial score (nSPS) is 10.6. The van der Waals surface area contributed by atoms with Gasteiger partial charge >= 0.3 is 0 Å². The maximum absolute atomic E-state index is 5.83. The Balaban J connectivity index is 2.12. The van der Waals surface area contributed by atoms with Gasteiger partial charge in [0.1, 0.15) is 5.75 Å². The van der Waals surface area contributed by atoms with Crippen LogP contribution in [-0.2, 0) is 0 Å². The van der Waals surface area contributed by atoms with E-state index in [-0.39, 0.29) is 0 Å². The van der Waals surface area contributed by atoms with Crippen molar-refractivity contribution < 1.29 is 9.47 Å². The summed E-state index contributed by atoms with van der Waals surface area (Å²) in [6, 6.07) is 10.5. The van der Waals surface area contributed by atoms with Crippen molar-refractivity contribution in [3.8, 4) is 17.5 Å². The summed E-state index contributed by atoms with van der Waals surface area (Å²) in [4.78, 5) is 4.26. The molecule has 0 aliphatic rings. The highest BCUT2D eigenvalue weighted by molar-refractivity contribution is 6.30. The molecule has 2 aromatic rings. The van der Waals surface area contributed by atoms with Crippen LogP contribution in [0.2, 0.25) is 5.02 Å². The number of rotatable bonds is 5. The molecule has 0 aliphatic heterocycles. The maximum atomic E-state index is 5.83. The number of pyridine rings is 1. The second-order valence-corrected chi connectivity index (χ2v) is 5.24. The third-order valence-electron chi connectivity index (χ3n) is 2.45. The van der Waals surface area contributed by atoms with Crippen molar-refractivity contribution in [3.63, 3.8) is 0 Å². The Kier molecular flexibility index (Phi) is 4.69. The van der Waals surface area contributed by atoms with Crippen molar-refractivity contribution >= 4 is 17.3 Å². The molecule has 20 heavy (non-hydrogen) atoms. The lowest BCUT2D eigenvalue weighted by Gasteiger charge is -2.11. The van der Waals surface area contributed by atoms with Crippen LogP contribution in [0.4, 0.5) is 5.69 Å². The van der Waals surface area contributed by atoms with E-state index >= 15 is 0 Å². The molecule has 0 atom stereocenters. The number of halogens is 1. The van der Waals surface area contributed by atoms with Gasteiger partial charge in [-0.3, -0.25) is 0 Å². The van der Waals surface area contributed by atoms with E-state index in [1.54, 1.807) is 36.4 Å². The number of benzene rings is 1. The predicted molar refractivity (Wildman–Crippen MR) is 80.5 cm³/mol. The van der Waals surface area contributed by atoms with Crippen LogP contribution in [0.5, 0.6) is 17.5 Å². The summed E-state index contributed by atoms with van der Waals surface area (Å²) in [5.41, 5.74) is 6.32. The number of hydrogen-bond acceptors (Lipinski definition) is 4. The molecule has 0 fully saturated rings. The molecule has 0 spiro atoms. The van der Waals surface area contributed by atoms with Crippen LogP contribution in [-0.4, -0.2) is 11.6 Å². The quantitative estimate of drug-likeness (QED) is 0.899. The number of hydrogen-bond donors (Lipinski definition) is 1. The average Bonchev–Trinajstić information content (AvgIpc) is 2.42. The highest BCUT2D eigenvalue weighted by Gasteiger charge is 2.07. The number of aromatic nitrogens is 1. The molecule has 1 heterocycles. The molecule has 0 saturated heterocycles. The molecule has 1 aromatic heterocycles. The van der Waals surface area contributed by atoms with E-state index in [4.69, 9.17) is 26.8 Å². The SMILES string of the molecule is CC(C)COc1nc(Oc2ccc(Cl)cc2)ccc1N. The lowest BCUT2D eigenvalue weighted by molar-refractivity contribution is 0.260. The molecular weight excluding hydrogens is 276 g/mol. The molecule has 0 aliphatic carbocycles. The predicted octanol–water partition coefficient (Wildman–Crippen LogP) is 4.14. The fourth-order valence-electron chi connectivity index (χ4n) is 1.48. The summed E-state index contributed by atoms with van der Waals surface area (Å²) >= 11 is 5.82. The molecule has 0 radical (unpaired) electrons. The van der Waals surface area contributed by atoms with E-state index in [0.717, 1.165) is 0 Å². The standard InChI is InChI=1S/C15H17ClN2O2/c1-10(2)9-19-15-13(17)7-8-14(18-15)20-12-5-3-11(16)4-6-12/h3-8,10H,9,17H2,1-2H3. The minimum absolute atomic E-state index is 0.394. The zero-order valence-electron chi connectivity index (χ0n) is 11.5. The first-order chi connectivity index (χ1) is 9.54. The van der Waals surface area contributed by atoms with Gasteiger partial charge in [-0.15, -0.1) is 0 Å². The number of ether oxygens (including phenoxy) is 2. The first-order valence-corrected chi connectivity index (χ1v) is 6.75. The van der Waals surface area contributed by atoms with Crippen molar-refractivity contribution in [1.29, 1.82) is 0 Å². The molecule has 4 nitrogen and oxygen atoms in total. The lowest BCUT2D eigenvalue weighted by Crippen LogP contribution is -2.07. The van der Waals surface area contributed by atoms with Gasteiger partial charge in [-0.1, -0.05) is 25.4 Å². The third kappa shape index (κ3) is 4.03. The van der Waals surface area contributed by atoms with Gasteiger partial charge in [0.25, 0.3) is 0 Å². The topological polar surface area (TPSA) is 57.4 Å². The molecule has 0 amide bonds. The summed E-state index contributed by atoms with van der Waals surface area (Å²) in [5.74, 6) is 1.88. The van der Waals surface area contributed by atoms with Crippen LogP contribution in [0.3, 0.4) is 0 Å². The Morgan fingerprint density at radius 1 is 1.15 bits per heavy atom. The number of anilines is 1. The molecule has 1 aromatic carbocycles. The van der Waals surface area contributed by atoms with E-state index in [1.165, 1.54) is 0 Å². The number of nitrogen functional groups attached to an aromatic ring is 1. The van der Waals surface area contributed by atoms with Crippen LogP contribution in [0, 0.1) is 5.92 Å². The average molecular weight is 293 g/mol. The molecular formula is C15H17ClN2O2. The Morgan fingerprint density at radius 2 is 1.85 bits per heavy atom. The van der Waals surface area contributed by atoms with Crippen molar-refractivity contribution in [2.24, 2.45) is 5.92 Å². The Labute approximate surface area is 123 Å². The van der Waals surface area contributed by atoms with E-state index in [1.807, 2.05) is 0 Å². The summed E-state index contributed by atoms with van der Waals surface area (Å²) in [5, 5.41) is 0.656. The molecule has 106 valence electrons. The maximum Gasteiger partial charge on any atom is 0.240 e.